The standard InChI is InChI=1S/C17H28N4O2/c1-14(15-5-4-6-16(22)13-15)18-17(23)21-11-9-19(2)7-8-20(3)10-12-21/h4-6,13-14,22H,7-12H2,1-3H3,(H,18,23)/t14-/m0/s1. The predicted molar refractivity (Wildman–Crippen MR) is 91.6 cm³/mol. The van der Waals surface area contributed by atoms with Crippen LogP contribution in [-0.2, 0) is 0 Å². The Morgan fingerprint density at radius 1 is 1.09 bits per heavy atom. The summed E-state index contributed by atoms with van der Waals surface area (Å²) in [6.07, 6.45) is 0. The number of benzene rings is 1. The lowest BCUT2D eigenvalue weighted by atomic mass is 10.1. The Labute approximate surface area is 138 Å². The highest BCUT2D eigenvalue weighted by Crippen LogP contribution is 2.18. The maximum Gasteiger partial charge on any atom is 0.317 e. The number of nitrogens with one attached hydrogen (secondary N) is 1. The summed E-state index contributed by atoms with van der Waals surface area (Å²) in [4.78, 5) is 18.9. The fourth-order valence-electron chi connectivity index (χ4n) is 2.62. The molecule has 1 aliphatic rings. The molecule has 1 fully saturated rings. The van der Waals surface area contributed by atoms with E-state index in [0.717, 1.165) is 44.8 Å². The highest BCUT2D eigenvalue weighted by Gasteiger charge is 2.19. The van der Waals surface area contributed by atoms with E-state index in [0.29, 0.717) is 0 Å². The SMILES string of the molecule is C[C@H](NC(=O)N1CCN(C)CCN(C)CC1)c1cccc(O)c1. The molecule has 0 spiro atoms. The second-order valence-corrected chi connectivity index (χ2v) is 6.36. The van der Waals surface area contributed by atoms with Crippen LogP contribution in [0.2, 0.25) is 0 Å². The third-order valence-corrected chi connectivity index (χ3v) is 4.36. The van der Waals surface area contributed by atoms with Crippen molar-refractivity contribution in [1.82, 2.24) is 20.0 Å². The van der Waals surface area contributed by atoms with E-state index < -0.39 is 0 Å². The van der Waals surface area contributed by atoms with Gasteiger partial charge in [-0.1, -0.05) is 12.1 Å². The van der Waals surface area contributed by atoms with E-state index in [9.17, 15) is 9.90 Å². The molecule has 1 heterocycles. The molecule has 0 unspecified atom stereocenters. The number of phenolic OH excluding ortho intramolecular Hbond substituents is 1. The number of phenols is 1. The van der Waals surface area contributed by atoms with E-state index >= 15 is 0 Å². The molecular formula is C17H28N4O2. The van der Waals surface area contributed by atoms with Crippen LogP contribution in [0.15, 0.2) is 24.3 Å². The van der Waals surface area contributed by atoms with Gasteiger partial charge in [0.1, 0.15) is 5.75 Å². The first-order chi connectivity index (χ1) is 11.0. The van der Waals surface area contributed by atoms with Crippen molar-refractivity contribution >= 4 is 6.03 Å². The number of carbonyl (C=O) groups is 1. The van der Waals surface area contributed by atoms with Crippen LogP contribution in [0.25, 0.3) is 0 Å². The number of hydrogen-bond donors (Lipinski definition) is 2. The van der Waals surface area contributed by atoms with Crippen LogP contribution in [0, 0.1) is 0 Å². The quantitative estimate of drug-likeness (QED) is 0.863. The Morgan fingerprint density at radius 2 is 1.65 bits per heavy atom. The van der Waals surface area contributed by atoms with Crippen molar-refractivity contribution in [3.05, 3.63) is 29.8 Å². The normalized spacial score (nSPS) is 19.5. The van der Waals surface area contributed by atoms with Crippen LogP contribution in [0.4, 0.5) is 4.79 Å². The number of urea groups is 1. The molecule has 2 N–H and O–H groups in total. The highest BCUT2D eigenvalue weighted by atomic mass is 16.3. The van der Waals surface area contributed by atoms with Gasteiger partial charge in [-0.05, 0) is 38.7 Å². The summed E-state index contributed by atoms with van der Waals surface area (Å²) in [5, 5.41) is 12.6. The van der Waals surface area contributed by atoms with E-state index in [1.807, 2.05) is 17.9 Å². The van der Waals surface area contributed by atoms with Gasteiger partial charge in [-0.25, -0.2) is 4.79 Å². The van der Waals surface area contributed by atoms with E-state index in [-0.39, 0.29) is 17.8 Å². The van der Waals surface area contributed by atoms with Gasteiger partial charge in [0.15, 0.2) is 0 Å². The molecule has 1 atom stereocenters. The van der Waals surface area contributed by atoms with Crippen molar-refractivity contribution in [3.8, 4) is 5.75 Å². The van der Waals surface area contributed by atoms with Crippen molar-refractivity contribution in [2.24, 2.45) is 0 Å². The molecule has 23 heavy (non-hydrogen) atoms. The van der Waals surface area contributed by atoms with E-state index in [2.05, 4.69) is 29.2 Å². The summed E-state index contributed by atoms with van der Waals surface area (Å²) < 4.78 is 0. The number of likely N-dealkylation sites (N-methyl/N-ethyl adjacent to an activating group) is 2. The number of hydrogen-bond acceptors (Lipinski definition) is 4. The van der Waals surface area contributed by atoms with Crippen LogP contribution in [0.3, 0.4) is 0 Å². The van der Waals surface area contributed by atoms with Crippen LogP contribution < -0.4 is 5.32 Å². The van der Waals surface area contributed by atoms with Crippen molar-refractivity contribution in [1.29, 1.82) is 0 Å². The monoisotopic (exact) mass is 320 g/mol. The first-order valence-electron chi connectivity index (χ1n) is 8.17. The molecule has 1 aliphatic heterocycles. The molecule has 1 aromatic rings. The molecule has 0 saturated carbocycles. The summed E-state index contributed by atoms with van der Waals surface area (Å²) in [5.74, 6) is 0.217. The molecule has 128 valence electrons. The third kappa shape index (κ3) is 5.41. The maximum atomic E-state index is 12.6. The molecule has 2 rings (SSSR count). The molecule has 1 saturated heterocycles. The number of carbonyl (C=O) groups excluding carboxylic acids is 1. The number of nitrogens with zero attached hydrogens (tertiary/aromatic N) is 3. The summed E-state index contributed by atoms with van der Waals surface area (Å²) in [6, 6.07) is 6.82. The van der Waals surface area contributed by atoms with Gasteiger partial charge in [0.2, 0.25) is 0 Å². The lowest BCUT2D eigenvalue weighted by Gasteiger charge is -2.26. The first kappa shape index (κ1) is 17.6. The molecule has 0 aromatic heterocycles. The third-order valence-electron chi connectivity index (χ3n) is 4.36. The minimum Gasteiger partial charge on any atom is -0.508 e. The Hall–Kier alpha value is -1.79. The minimum atomic E-state index is -0.141. The lowest BCUT2D eigenvalue weighted by molar-refractivity contribution is 0.186. The molecule has 0 radical (unpaired) electrons. The molecule has 2 amide bonds. The number of aromatic hydroxyl groups is 1. The van der Waals surface area contributed by atoms with Crippen molar-refractivity contribution in [3.63, 3.8) is 0 Å². The van der Waals surface area contributed by atoms with E-state index in [1.54, 1.807) is 18.2 Å². The fourth-order valence-corrected chi connectivity index (χ4v) is 2.62. The van der Waals surface area contributed by atoms with Crippen LogP contribution in [0.1, 0.15) is 18.5 Å². The molecule has 0 bridgehead atoms. The molecule has 6 heteroatoms. The molecule has 0 aliphatic carbocycles. The van der Waals surface area contributed by atoms with Gasteiger partial charge in [-0.15, -0.1) is 0 Å². The summed E-state index contributed by atoms with van der Waals surface area (Å²) in [6.45, 7) is 7.17. The van der Waals surface area contributed by atoms with E-state index in [4.69, 9.17) is 0 Å². The van der Waals surface area contributed by atoms with Gasteiger partial charge in [-0.2, -0.15) is 0 Å². The van der Waals surface area contributed by atoms with Crippen LogP contribution in [-0.4, -0.2) is 79.2 Å². The average Bonchev–Trinajstić information content (AvgIpc) is 2.59. The predicted octanol–water partition coefficient (Wildman–Crippen LogP) is 1.34. The Balaban J connectivity index is 1.97. The second kappa shape index (κ2) is 8.17. The lowest BCUT2D eigenvalue weighted by Crippen LogP contribution is -2.45. The van der Waals surface area contributed by atoms with Gasteiger partial charge in [0.05, 0.1) is 6.04 Å². The largest absolute Gasteiger partial charge is 0.508 e. The van der Waals surface area contributed by atoms with E-state index in [1.165, 1.54) is 0 Å². The smallest absolute Gasteiger partial charge is 0.317 e. The Morgan fingerprint density at radius 3 is 2.22 bits per heavy atom. The van der Waals surface area contributed by atoms with Gasteiger partial charge in [0, 0.05) is 39.3 Å². The first-order valence-corrected chi connectivity index (χ1v) is 8.17. The van der Waals surface area contributed by atoms with Crippen LogP contribution >= 0.6 is 0 Å². The Kier molecular flexibility index (Phi) is 6.24. The second-order valence-electron chi connectivity index (χ2n) is 6.36. The molecule has 6 nitrogen and oxygen atoms in total. The zero-order valence-electron chi connectivity index (χ0n) is 14.3. The van der Waals surface area contributed by atoms with Gasteiger partial charge < -0.3 is 25.1 Å². The summed E-state index contributed by atoms with van der Waals surface area (Å²) in [5.41, 5.74) is 0.900. The van der Waals surface area contributed by atoms with Crippen LogP contribution in [0.5, 0.6) is 5.75 Å². The average molecular weight is 320 g/mol. The maximum absolute atomic E-state index is 12.6. The van der Waals surface area contributed by atoms with Crippen molar-refractivity contribution in [2.45, 2.75) is 13.0 Å². The number of rotatable bonds is 2. The highest BCUT2D eigenvalue weighted by molar-refractivity contribution is 5.74. The summed E-state index contributed by atoms with van der Waals surface area (Å²) in [7, 11) is 4.18. The van der Waals surface area contributed by atoms with Gasteiger partial charge in [0.25, 0.3) is 0 Å². The zero-order valence-corrected chi connectivity index (χ0v) is 14.3. The fraction of sp³-hybridized carbons (Fsp3) is 0.588. The Bertz CT molecular complexity index is 509. The number of amides is 2. The zero-order chi connectivity index (χ0) is 16.8. The van der Waals surface area contributed by atoms with Crippen molar-refractivity contribution in [2.75, 3.05) is 53.4 Å². The molecular weight excluding hydrogens is 292 g/mol. The van der Waals surface area contributed by atoms with Gasteiger partial charge >= 0.3 is 6.03 Å². The summed E-state index contributed by atoms with van der Waals surface area (Å²) >= 11 is 0. The topological polar surface area (TPSA) is 59.1 Å². The van der Waals surface area contributed by atoms with Gasteiger partial charge in [-0.3, -0.25) is 0 Å². The molecule has 1 aromatic carbocycles. The van der Waals surface area contributed by atoms with Crippen molar-refractivity contribution < 1.29 is 9.90 Å². The minimum absolute atomic E-state index is 0.0513.